The van der Waals surface area contributed by atoms with Crippen LogP contribution in [0.15, 0.2) is 0 Å². The molecule has 0 saturated carbocycles. The molecule has 1 rings (SSSR count). The van der Waals surface area contributed by atoms with E-state index < -0.39 is 6.10 Å². The maximum atomic E-state index is 12.8. The van der Waals surface area contributed by atoms with E-state index in [1.165, 1.54) is 116 Å². The summed E-state index contributed by atoms with van der Waals surface area (Å²) in [5, 5.41) is 0. The van der Waals surface area contributed by atoms with Crippen molar-refractivity contribution < 1.29 is 42.8 Å². The van der Waals surface area contributed by atoms with E-state index in [-0.39, 0.29) is 37.2 Å². The molecular weight excluding hydrogens is 805 g/mol. The topological polar surface area (TPSA) is 110 Å². The van der Waals surface area contributed by atoms with E-state index in [4.69, 9.17) is 28.4 Å². The van der Waals surface area contributed by atoms with Crippen LogP contribution in [0.1, 0.15) is 279 Å². The second kappa shape index (κ2) is 45.1. The van der Waals surface area contributed by atoms with Gasteiger partial charge >= 0.3 is 17.9 Å². The molecule has 1 aliphatic heterocycles. The van der Waals surface area contributed by atoms with Crippen LogP contribution >= 0.6 is 0 Å². The average molecular weight is 909 g/mol. The Balaban J connectivity index is 2.29. The van der Waals surface area contributed by atoms with Gasteiger partial charge in [0.25, 0.3) is 0 Å². The van der Waals surface area contributed by atoms with Crippen molar-refractivity contribution >= 4 is 17.9 Å². The predicted molar refractivity (Wildman–Crippen MR) is 264 cm³/mol. The smallest absolute Gasteiger partial charge is 0.306 e. The number of hydrogen-bond donors (Lipinski definition) is 0. The second-order valence-electron chi connectivity index (χ2n) is 19.4. The Kier molecular flexibility index (Phi) is 42.5. The molecule has 5 atom stereocenters. The molecule has 0 spiro atoms. The molecule has 0 aromatic carbocycles. The van der Waals surface area contributed by atoms with Crippen molar-refractivity contribution in [2.24, 2.45) is 0 Å². The van der Waals surface area contributed by atoms with E-state index in [0.29, 0.717) is 44.2 Å². The van der Waals surface area contributed by atoms with Crippen molar-refractivity contribution in [3.63, 3.8) is 0 Å². The third-order valence-corrected chi connectivity index (χ3v) is 12.9. The molecular formula is C55H104O9. The summed E-state index contributed by atoms with van der Waals surface area (Å²) in [6.45, 7) is 12.5. The minimum absolute atomic E-state index is 0.0945. The summed E-state index contributed by atoms with van der Waals surface area (Å²) in [5.74, 6) is -0.930. The molecule has 0 bridgehead atoms. The first-order valence-electron chi connectivity index (χ1n) is 27.7. The van der Waals surface area contributed by atoms with Crippen LogP contribution in [0.3, 0.4) is 0 Å². The molecule has 378 valence electrons. The Bertz CT molecular complexity index is 1050. The molecule has 9 heteroatoms. The third-order valence-electron chi connectivity index (χ3n) is 12.9. The van der Waals surface area contributed by atoms with E-state index in [0.717, 1.165) is 116 Å². The molecule has 1 aliphatic rings. The molecule has 0 radical (unpaired) electrons. The lowest BCUT2D eigenvalue weighted by atomic mass is 10.0. The van der Waals surface area contributed by atoms with E-state index in [1.54, 1.807) is 0 Å². The van der Waals surface area contributed by atoms with Gasteiger partial charge in [-0.15, -0.1) is 0 Å². The first-order valence-corrected chi connectivity index (χ1v) is 27.7. The number of esters is 3. The number of epoxide rings is 1. The average Bonchev–Trinajstić information content (AvgIpc) is 4.05. The number of rotatable bonds is 50. The summed E-state index contributed by atoms with van der Waals surface area (Å²) in [4.78, 5) is 38.2. The summed E-state index contributed by atoms with van der Waals surface area (Å²) in [6.07, 6.45) is 42.3. The summed E-state index contributed by atoms with van der Waals surface area (Å²) < 4.78 is 34.6. The van der Waals surface area contributed by atoms with E-state index in [9.17, 15) is 14.4 Å². The van der Waals surface area contributed by atoms with E-state index in [1.807, 2.05) is 0 Å². The van der Waals surface area contributed by atoms with Gasteiger partial charge in [-0.3, -0.25) is 14.4 Å². The normalized spacial score (nSPS) is 16.1. The van der Waals surface area contributed by atoms with Gasteiger partial charge in [-0.1, -0.05) is 201 Å². The molecule has 0 amide bonds. The minimum Gasteiger partial charge on any atom is -0.462 e. The number of hydrogen-bond acceptors (Lipinski definition) is 9. The maximum absolute atomic E-state index is 12.8. The Morgan fingerprint density at radius 1 is 0.422 bits per heavy atom. The van der Waals surface area contributed by atoms with Gasteiger partial charge in [0.2, 0.25) is 0 Å². The highest BCUT2D eigenvalue weighted by molar-refractivity contribution is 5.71. The highest BCUT2D eigenvalue weighted by Crippen LogP contribution is 2.28. The lowest BCUT2D eigenvalue weighted by molar-refractivity contribution is -0.167. The first kappa shape index (κ1) is 60.3. The van der Waals surface area contributed by atoms with Gasteiger partial charge in [0.1, 0.15) is 19.3 Å². The number of unbranched alkanes of at least 4 members (excludes halogenated alkanes) is 27. The van der Waals surface area contributed by atoms with Crippen molar-refractivity contribution in [1.29, 1.82) is 0 Å². The van der Waals surface area contributed by atoms with Crippen LogP contribution in [0.2, 0.25) is 0 Å². The Morgan fingerprint density at radius 2 is 0.797 bits per heavy atom. The second-order valence-corrected chi connectivity index (χ2v) is 19.4. The van der Waals surface area contributed by atoms with E-state index >= 15 is 0 Å². The van der Waals surface area contributed by atoms with Gasteiger partial charge < -0.3 is 28.4 Å². The fraction of sp³-hybridized carbons (Fsp3) is 0.945. The standard InChI is InChI=1S/C55H104O9/c1-6-9-12-14-16-17-18-19-20-21-22-27-36-43-55(58)63-50(45-61-53(56)41-34-28-23-25-32-39-48(4)59-44-37-30-15-13-10-7-2)46-62-54(57)42-35-29-24-26-33-40-51-52(64-51)47-60-49(5)38-31-11-8-3/h48-52H,6-47H2,1-5H3. The fourth-order valence-corrected chi connectivity index (χ4v) is 8.40. The van der Waals surface area contributed by atoms with Crippen LogP contribution < -0.4 is 0 Å². The molecule has 5 unspecified atom stereocenters. The van der Waals surface area contributed by atoms with Crippen LogP contribution in [0.4, 0.5) is 0 Å². The van der Waals surface area contributed by atoms with Crippen molar-refractivity contribution in [2.45, 2.75) is 309 Å². The first-order chi connectivity index (χ1) is 31.3. The SMILES string of the molecule is CCCCCCCCCCCCCCCC(=O)OC(COC(=O)CCCCCCCC(C)OCCCCCCCC)COC(=O)CCCCCCCC1OC1COC(C)CCCCC. The fourth-order valence-electron chi connectivity index (χ4n) is 8.40. The largest absolute Gasteiger partial charge is 0.462 e. The van der Waals surface area contributed by atoms with E-state index in [2.05, 4.69) is 34.6 Å². The monoisotopic (exact) mass is 909 g/mol. The lowest BCUT2D eigenvalue weighted by Crippen LogP contribution is -2.30. The molecule has 0 aliphatic carbocycles. The van der Waals surface area contributed by atoms with Crippen LogP contribution in [0.5, 0.6) is 0 Å². The highest BCUT2D eigenvalue weighted by Gasteiger charge is 2.38. The van der Waals surface area contributed by atoms with Crippen molar-refractivity contribution in [3.05, 3.63) is 0 Å². The van der Waals surface area contributed by atoms with Gasteiger partial charge in [-0.25, -0.2) is 0 Å². The summed E-state index contributed by atoms with van der Waals surface area (Å²) in [6, 6.07) is 0. The lowest BCUT2D eigenvalue weighted by Gasteiger charge is -2.18. The Labute approximate surface area is 395 Å². The summed E-state index contributed by atoms with van der Waals surface area (Å²) in [7, 11) is 0. The quantitative estimate of drug-likeness (QED) is 0.0255. The van der Waals surface area contributed by atoms with Crippen molar-refractivity contribution in [1.82, 2.24) is 0 Å². The van der Waals surface area contributed by atoms with Gasteiger partial charge in [0, 0.05) is 25.9 Å². The van der Waals surface area contributed by atoms with Gasteiger partial charge in [-0.05, 0) is 58.8 Å². The van der Waals surface area contributed by atoms with Crippen LogP contribution in [-0.4, -0.2) is 74.9 Å². The maximum Gasteiger partial charge on any atom is 0.306 e. The molecule has 1 heterocycles. The zero-order valence-electron chi connectivity index (χ0n) is 42.8. The zero-order chi connectivity index (χ0) is 46.6. The molecule has 9 nitrogen and oxygen atoms in total. The van der Waals surface area contributed by atoms with Gasteiger partial charge in [0.05, 0.1) is 24.9 Å². The van der Waals surface area contributed by atoms with Gasteiger partial charge in [0.15, 0.2) is 6.10 Å². The predicted octanol–water partition coefficient (Wildman–Crippen LogP) is 15.4. The molecule has 0 aromatic rings. The van der Waals surface area contributed by atoms with Crippen molar-refractivity contribution in [2.75, 3.05) is 26.4 Å². The molecule has 1 saturated heterocycles. The van der Waals surface area contributed by atoms with Crippen LogP contribution in [0, 0.1) is 0 Å². The molecule has 0 aromatic heterocycles. The zero-order valence-corrected chi connectivity index (χ0v) is 42.8. The summed E-state index contributed by atoms with van der Waals surface area (Å²) in [5.41, 5.74) is 0. The number of ether oxygens (including phenoxy) is 6. The Hall–Kier alpha value is -1.71. The number of carbonyl (C=O) groups excluding carboxylic acids is 3. The minimum atomic E-state index is -0.796. The van der Waals surface area contributed by atoms with Gasteiger partial charge in [-0.2, -0.15) is 0 Å². The van der Waals surface area contributed by atoms with Crippen LogP contribution in [-0.2, 0) is 42.8 Å². The number of carbonyl (C=O) groups is 3. The highest BCUT2D eigenvalue weighted by atomic mass is 16.6. The molecule has 0 N–H and O–H groups in total. The van der Waals surface area contributed by atoms with Crippen molar-refractivity contribution in [3.8, 4) is 0 Å². The summed E-state index contributed by atoms with van der Waals surface area (Å²) >= 11 is 0. The molecule has 1 fully saturated rings. The molecule has 64 heavy (non-hydrogen) atoms. The Morgan fingerprint density at radius 3 is 1.30 bits per heavy atom. The third kappa shape index (κ3) is 40.6. The van der Waals surface area contributed by atoms with Crippen LogP contribution in [0.25, 0.3) is 0 Å².